The molecule has 13 nitrogen and oxygen atoms in total. The molecule has 0 aliphatic heterocycles. The molecule has 4 aromatic carbocycles. The third kappa shape index (κ3) is 8.86. The summed E-state index contributed by atoms with van der Waals surface area (Å²) in [4.78, 5) is 25.2. The molecule has 0 saturated heterocycles. The van der Waals surface area contributed by atoms with E-state index in [0.29, 0.717) is 28.5 Å². The molecule has 2 N–H and O–H groups in total. The highest BCUT2D eigenvalue weighted by molar-refractivity contribution is 7.92. The molecule has 4 aromatic rings. The number of nitrogens with zero attached hydrogens (tertiary/aromatic N) is 2. The lowest BCUT2D eigenvalue weighted by molar-refractivity contribution is -0.119. The standard InChI is InChI=1S/C33H33ClN4O9S/c1-43-28-8-6-5-7-26(28)36-33(40)21-47-24-12-9-22(10-13-24)19-35-37-32(39)20-38(27-17-23(34)11-15-29(27)44-2)48(41,42)25-14-16-30(45-3)31(18-25)46-4/h5-19H,20-21H2,1-4H3,(H,36,40)(H,37,39)/b35-19-. The van der Waals surface area contributed by atoms with Crippen molar-refractivity contribution >= 4 is 51.0 Å². The molecular formula is C33H33ClN4O9S. The van der Waals surface area contributed by atoms with Gasteiger partial charge in [-0.2, -0.15) is 5.10 Å². The summed E-state index contributed by atoms with van der Waals surface area (Å²) in [6.07, 6.45) is 1.36. The minimum absolute atomic E-state index is 0.0334. The molecule has 0 aliphatic rings. The Labute approximate surface area is 283 Å². The van der Waals surface area contributed by atoms with Crippen molar-refractivity contribution in [1.29, 1.82) is 0 Å². The van der Waals surface area contributed by atoms with E-state index in [9.17, 15) is 18.0 Å². The zero-order chi connectivity index (χ0) is 34.7. The van der Waals surface area contributed by atoms with E-state index in [1.54, 1.807) is 48.5 Å². The number of para-hydroxylation sites is 2. The van der Waals surface area contributed by atoms with Crippen molar-refractivity contribution in [3.05, 3.63) is 95.5 Å². The Balaban J connectivity index is 1.44. The highest BCUT2D eigenvalue weighted by atomic mass is 35.5. The van der Waals surface area contributed by atoms with E-state index < -0.39 is 22.5 Å². The first-order valence-electron chi connectivity index (χ1n) is 14.2. The van der Waals surface area contributed by atoms with E-state index in [1.165, 1.54) is 71.1 Å². The van der Waals surface area contributed by atoms with Crippen LogP contribution in [0.25, 0.3) is 0 Å². The summed E-state index contributed by atoms with van der Waals surface area (Å²) in [6.45, 7) is -0.907. The average Bonchev–Trinajstić information content (AvgIpc) is 3.10. The lowest BCUT2D eigenvalue weighted by atomic mass is 10.2. The molecule has 252 valence electrons. The van der Waals surface area contributed by atoms with Crippen LogP contribution in [0, 0.1) is 0 Å². The number of carbonyl (C=O) groups is 2. The van der Waals surface area contributed by atoms with Crippen LogP contribution >= 0.6 is 11.6 Å². The fraction of sp³-hybridized carbons (Fsp3) is 0.182. The van der Waals surface area contributed by atoms with E-state index in [-0.39, 0.29) is 39.6 Å². The predicted octanol–water partition coefficient (Wildman–Crippen LogP) is 4.74. The molecule has 0 atom stereocenters. The molecule has 0 fully saturated rings. The number of sulfonamides is 1. The number of carbonyl (C=O) groups excluding carboxylic acids is 2. The van der Waals surface area contributed by atoms with Crippen molar-refractivity contribution in [3.8, 4) is 28.7 Å². The van der Waals surface area contributed by atoms with Crippen LogP contribution in [-0.4, -0.2) is 68.0 Å². The Kier molecular flexibility index (Phi) is 12.1. The van der Waals surface area contributed by atoms with Gasteiger partial charge >= 0.3 is 0 Å². The second-order valence-electron chi connectivity index (χ2n) is 9.74. The van der Waals surface area contributed by atoms with Crippen molar-refractivity contribution in [2.24, 2.45) is 5.10 Å². The third-order valence-electron chi connectivity index (χ3n) is 6.67. The fourth-order valence-corrected chi connectivity index (χ4v) is 5.95. The maximum Gasteiger partial charge on any atom is 0.265 e. The zero-order valence-electron chi connectivity index (χ0n) is 26.4. The molecule has 0 radical (unpaired) electrons. The van der Waals surface area contributed by atoms with Gasteiger partial charge in [0.2, 0.25) is 0 Å². The van der Waals surface area contributed by atoms with Gasteiger partial charge in [0.1, 0.15) is 23.8 Å². The van der Waals surface area contributed by atoms with Gasteiger partial charge in [0, 0.05) is 11.1 Å². The zero-order valence-corrected chi connectivity index (χ0v) is 28.0. The number of ether oxygens (including phenoxy) is 5. The fourth-order valence-electron chi connectivity index (χ4n) is 4.34. The average molecular weight is 697 g/mol. The molecule has 0 unspecified atom stereocenters. The molecule has 48 heavy (non-hydrogen) atoms. The van der Waals surface area contributed by atoms with Crippen LogP contribution in [0.3, 0.4) is 0 Å². The summed E-state index contributed by atoms with van der Waals surface area (Å²) >= 11 is 6.21. The number of hydrazone groups is 1. The number of halogens is 1. The minimum atomic E-state index is -4.37. The Morgan fingerprint density at radius 1 is 0.792 bits per heavy atom. The van der Waals surface area contributed by atoms with E-state index in [4.69, 9.17) is 35.3 Å². The van der Waals surface area contributed by atoms with Crippen LogP contribution in [0.15, 0.2) is 94.9 Å². The van der Waals surface area contributed by atoms with Gasteiger partial charge < -0.3 is 29.0 Å². The summed E-state index contributed by atoms with van der Waals surface area (Å²) in [5, 5.41) is 6.91. The van der Waals surface area contributed by atoms with Gasteiger partial charge in [0.05, 0.1) is 50.9 Å². The predicted molar refractivity (Wildman–Crippen MR) is 181 cm³/mol. The normalized spacial score (nSPS) is 11.0. The number of hydrogen-bond acceptors (Lipinski definition) is 10. The lowest BCUT2D eigenvalue weighted by Gasteiger charge is -2.25. The highest BCUT2D eigenvalue weighted by Gasteiger charge is 2.30. The molecule has 0 aliphatic carbocycles. The number of anilines is 2. The highest BCUT2D eigenvalue weighted by Crippen LogP contribution is 2.37. The summed E-state index contributed by atoms with van der Waals surface area (Å²) in [5.41, 5.74) is 3.49. The Morgan fingerprint density at radius 2 is 1.46 bits per heavy atom. The second kappa shape index (κ2) is 16.4. The minimum Gasteiger partial charge on any atom is -0.495 e. The summed E-state index contributed by atoms with van der Waals surface area (Å²) in [6, 6.07) is 22.0. The van der Waals surface area contributed by atoms with Crippen LogP contribution in [0.2, 0.25) is 5.02 Å². The van der Waals surface area contributed by atoms with Crippen LogP contribution in [0.1, 0.15) is 5.56 Å². The molecule has 0 aromatic heterocycles. The van der Waals surface area contributed by atoms with Crippen molar-refractivity contribution in [3.63, 3.8) is 0 Å². The molecule has 2 amide bonds. The molecule has 0 heterocycles. The Morgan fingerprint density at radius 3 is 2.15 bits per heavy atom. The quantitative estimate of drug-likeness (QED) is 0.133. The Hall–Kier alpha value is -5.47. The van der Waals surface area contributed by atoms with Gasteiger partial charge in [-0.1, -0.05) is 23.7 Å². The summed E-state index contributed by atoms with van der Waals surface area (Å²) < 4.78 is 55.4. The van der Waals surface area contributed by atoms with Gasteiger partial charge in [0.15, 0.2) is 18.1 Å². The number of benzene rings is 4. The van der Waals surface area contributed by atoms with E-state index in [0.717, 1.165) is 4.31 Å². The van der Waals surface area contributed by atoms with Gasteiger partial charge in [0.25, 0.3) is 21.8 Å². The first kappa shape index (κ1) is 35.4. The van der Waals surface area contributed by atoms with Gasteiger partial charge in [-0.15, -0.1) is 0 Å². The monoisotopic (exact) mass is 696 g/mol. The number of amides is 2. The molecule has 0 spiro atoms. The molecular weight excluding hydrogens is 664 g/mol. The van der Waals surface area contributed by atoms with Crippen molar-refractivity contribution in [1.82, 2.24) is 5.43 Å². The summed E-state index contributed by atoms with van der Waals surface area (Å²) in [5.74, 6) is 0.502. The molecule has 4 rings (SSSR count). The van der Waals surface area contributed by atoms with Crippen LogP contribution in [-0.2, 0) is 19.6 Å². The lowest BCUT2D eigenvalue weighted by Crippen LogP contribution is -2.39. The van der Waals surface area contributed by atoms with E-state index in [1.807, 2.05) is 0 Å². The van der Waals surface area contributed by atoms with Crippen LogP contribution in [0.4, 0.5) is 11.4 Å². The first-order valence-corrected chi connectivity index (χ1v) is 16.0. The van der Waals surface area contributed by atoms with Crippen LogP contribution < -0.4 is 38.7 Å². The van der Waals surface area contributed by atoms with Crippen molar-refractivity contribution in [2.45, 2.75) is 4.90 Å². The maximum absolute atomic E-state index is 13.9. The van der Waals surface area contributed by atoms with E-state index in [2.05, 4.69) is 15.8 Å². The van der Waals surface area contributed by atoms with Gasteiger partial charge in [-0.3, -0.25) is 13.9 Å². The SMILES string of the molecule is COc1ccccc1NC(=O)COc1ccc(/C=N\NC(=O)CN(c2cc(Cl)ccc2OC)S(=O)(=O)c2ccc(OC)c(OC)c2)cc1. The number of nitrogens with one attached hydrogen (secondary N) is 2. The largest absolute Gasteiger partial charge is 0.495 e. The second-order valence-corrected chi connectivity index (χ2v) is 12.0. The van der Waals surface area contributed by atoms with Gasteiger partial charge in [-0.25, -0.2) is 13.8 Å². The smallest absolute Gasteiger partial charge is 0.265 e. The topological polar surface area (TPSA) is 154 Å². The van der Waals surface area contributed by atoms with Crippen molar-refractivity contribution in [2.75, 3.05) is 51.2 Å². The Bertz CT molecular complexity index is 1890. The number of hydrogen-bond donors (Lipinski definition) is 2. The van der Waals surface area contributed by atoms with E-state index >= 15 is 0 Å². The third-order valence-corrected chi connectivity index (χ3v) is 8.66. The number of rotatable bonds is 15. The van der Waals surface area contributed by atoms with Crippen molar-refractivity contribution < 1.29 is 41.7 Å². The molecule has 15 heteroatoms. The summed E-state index contributed by atoms with van der Waals surface area (Å²) in [7, 11) is 1.31. The molecule has 0 saturated carbocycles. The first-order chi connectivity index (χ1) is 23.1. The van der Waals surface area contributed by atoms with Gasteiger partial charge in [-0.05, 0) is 72.3 Å². The molecule has 0 bridgehead atoms. The van der Waals surface area contributed by atoms with Crippen LogP contribution in [0.5, 0.6) is 28.7 Å². The maximum atomic E-state index is 13.9. The number of methoxy groups -OCH3 is 4.